The third-order valence-corrected chi connectivity index (χ3v) is 6.11. The molecule has 0 amide bonds. The van der Waals surface area contributed by atoms with Crippen molar-refractivity contribution in [3.8, 4) is 39.3 Å². The molecule has 2 N–H and O–H groups in total. The first-order valence-corrected chi connectivity index (χ1v) is 11.7. The van der Waals surface area contributed by atoms with Crippen LogP contribution in [0.25, 0.3) is 39.2 Å². The number of ether oxygens (including phenoxy) is 1. The third-order valence-electron chi connectivity index (χ3n) is 6.11. The maximum absolute atomic E-state index is 14.1. The maximum atomic E-state index is 14.1. The second kappa shape index (κ2) is 9.43. The first-order valence-electron chi connectivity index (χ1n) is 11.7. The number of fused-ring (bicyclic) bond motifs is 1. The predicted molar refractivity (Wildman–Crippen MR) is 144 cm³/mol. The van der Waals surface area contributed by atoms with E-state index in [1.165, 1.54) is 10.8 Å². The molecular formula is C29H22N6O2. The Labute approximate surface area is 212 Å². The van der Waals surface area contributed by atoms with Crippen molar-refractivity contribution in [3.63, 3.8) is 0 Å². The zero-order valence-electron chi connectivity index (χ0n) is 19.9. The molecule has 0 bridgehead atoms. The number of H-pyrrole nitrogens is 1. The van der Waals surface area contributed by atoms with E-state index >= 15 is 0 Å². The van der Waals surface area contributed by atoms with Gasteiger partial charge in [-0.3, -0.25) is 9.89 Å². The Kier molecular flexibility index (Phi) is 5.67. The quantitative estimate of drug-likeness (QED) is 0.320. The van der Waals surface area contributed by atoms with E-state index < -0.39 is 0 Å². The predicted octanol–water partition coefficient (Wildman–Crippen LogP) is 5.57. The third kappa shape index (κ3) is 4.10. The number of aromatic amines is 1. The molecule has 8 nitrogen and oxygen atoms in total. The molecule has 180 valence electrons. The fourth-order valence-electron chi connectivity index (χ4n) is 4.37. The summed E-state index contributed by atoms with van der Waals surface area (Å²) in [5.74, 6) is 1.10. The lowest BCUT2D eigenvalue weighted by Crippen LogP contribution is -2.19. The topological polar surface area (TPSA) is 97.2 Å². The number of hydrogen-bond acceptors (Lipinski definition) is 6. The first-order chi connectivity index (χ1) is 18.2. The minimum atomic E-state index is -0.242. The summed E-state index contributed by atoms with van der Waals surface area (Å²) in [7, 11) is 1.61. The minimum absolute atomic E-state index is 0.242. The molecule has 8 heteroatoms. The molecular weight excluding hydrogens is 464 g/mol. The van der Waals surface area contributed by atoms with Crippen molar-refractivity contribution in [3.05, 3.63) is 114 Å². The summed E-state index contributed by atoms with van der Waals surface area (Å²) in [5.41, 5.74) is 5.51. The molecule has 37 heavy (non-hydrogen) atoms. The van der Waals surface area contributed by atoms with Crippen LogP contribution in [0.1, 0.15) is 0 Å². The van der Waals surface area contributed by atoms with E-state index in [4.69, 9.17) is 9.72 Å². The molecule has 0 aliphatic carbocycles. The molecule has 0 saturated heterocycles. The molecule has 0 spiro atoms. The van der Waals surface area contributed by atoms with E-state index in [1.807, 2.05) is 84.9 Å². The van der Waals surface area contributed by atoms with E-state index in [0.717, 1.165) is 22.4 Å². The van der Waals surface area contributed by atoms with E-state index in [1.54, 1.807) is 19.5 Å². The number of anilines is 2. The average Bonchev–Trinajstić information content (AvgIpc) is 3.35. The SMILES string of the molecule is COc1ccc(-c2c(Nc3cncnc3)nc3c(-c4ccccc4)c(-c4ccccc4)[nH]n3c2=O)cc1. The van der Waals surface area contributed by atoms with Gasteiger partial charge in [-0.05, 0) is 23.3 Å². The van der Waals surface area contributed by atoms with Crippen LogP contribution in [0.5, 0.6) is 5.75 Å². The van der Waals surface area contributed by atoms with Gasteiger partial charge in [-0.1, -0.05) is 72.8 Å². The van der Waals surface area contributed by atoms with Crippen molar-refractivity contribution >= 4 is 17.2 Å². The van der Waals surface area contributed by atoms with Gasteiger partial charge in [0.05, 0.1) is 42.0 Å². The molecule has 0 radical (unpaired) electrons. The van der Waals surface area contributed by atoms with Gasteiger partial charge in [0, 0.05) is 5.56 Å². The molecule has 0 atom stereocenters. The Hall–Kier alpha value is -5.24. The molecule has 0 saturated carbocycles. The summed E-state index contributed by atoms with van der Waals surface area (Å²) >= 11 is 0. The number of methoxy groups -OCH3 is 1. The largest absolute Gasteiger partial charge is 0.497 e. The van der Waals surface area contributed by atoms with Gasteiger partial charge in [0.15, 0.2) is 5.65 Å². The van der Waals surface area contributed by atoms with Gasteiger partial charge >= 0.3 is 0 Å². The normalized spacial score (nSPS) is 10.9. The lowest BCUT2D eigenvalue weighted by atomic mass is 10.0. The monoisotopic (exact) mass is 486 g/mol. The fourth-order valence-corrected chi connectivity index (χ4v) is 4.37. The van der Waals surface area contributed by atoms with Gasteiger partial charge in [-0.2, -0.15) is 4.52 Å². The van der Waals surface area contributed by atoms with E-state index in [-0.39, 0.29) is 5.56 Å². The van der Waals surface area contributed by atoms with Gasteiger partial charge in [0.25, 0.3) is 5.56 Å². The van der Waals surface area contributed by atoms with Crippen LogP contribution in [0.4, 0.5) is 11.5 Å². The van der Waals surface area contributed by atoms with Crippen LogP contribution in [0.15, 0.2) is 108 Å². The second-order valence-corrected chi connectivity index (χ2v) is 8.37. The van der Waals surface area contributed by atoms with Gasteiger partial charge in [-0.15, -0.1) is 0 Å². The smallest absolute Gasteiger partial charge is 0.282 e. The van der Waals surface area contributed by atoms with Crippen molar-refractivity contribution in [2.45, 2.75) is 0 Å². The Bertz CT molecular complexity index is 1730. The van der Waals surface area contributed by atoms with E-state index in [9.17, 15) is 4.79 Å². The molecule has 0 aliphatic rings. The molecule has 6 aromatic rings. The van der Waals surface area contributed by atoms with Crippen LogP contribution in [0.2, 0.25) is 0 Å². The molecule has 3 aromatic carbocycles. The summed E-state index contributed by atoms with van der Waals surface area (Å²) in [4.78, 5) is 27.3. The highest BCUT2D eigenvalue weighted by atomic mass is 16.5. The summed E-state index contributed by atoms with van der Waals surface area (Å²) < 4.78 is 6.82. The Morgan fingerprint density at radius 3 is 2.05 bits per heavy atom. The van der Waals surface area contributed by atoms with Crippen LogP contribution < -0.4 is 15.6 Å². The molecule has 6 rings (SSSR count). The van der Waals surface area contributed by atoms with Crippen LogP contribution in [-0.2, 0) is 0 Å². The van der Waals surface area contributed by atoms with Crippen LogP contribution in [0.3, 0.4) is 0 Å². The number of rotatable bonds is 6. The lowest BCUT2D eigenvalue weighted by Gasteiger charge is -2.12. The summed E-state index contributed by atoms with van der Waals surface area (Å²) in [6.45, 7) is 0. The number of nitrogens with zero attached hydrogens (tertiary/aromatic N) is 4. The highest BCUT2D eigenvalue weighted by molar-refractivity contribution is 5.92. The van der Waals surface area contributed by atoms with Gasteiger partial charge in [0.1, 0.15) is 17.9 Å². The maximum Gasteiger partial charge on any atom is 0.282 e. The molecule has 0 aliphatic heterocycles. The van der Waals surface area contributed by atoms with Crippen LogP contribution >= 0.6 is 0 Å². The van der Waals surface area contributed by atoms with Gasteiger partial charge in [0.2, 0.25) is 0 Å². The minimum Gasteiger partial charge on any atom is -0.497 e. The number of hydrogen-bond donors (Lipinski definition) is 2. The highest BCUT2D eigenvalue weighted by Crippen LogP contribution is 2.36. The zero-order valence-corrected chi connectivity index (χ0v) is 19.9. The van der Waals surface area contributed by atoms with Crippen LogP contribution in [0, 0.1) is 0 Å². The summed E-state index contributed by atoms with van der Waals surface area (Å²) in [5, 5.41) is 6.60. The Morgan fingerprint density at radius 1 is 0.784 bits per heavy atom. The van der Waals surface area contributed by atoms with Crippen molar-refractivity contribution in [2.75, 3.05) is 12.4 Å². The van der Waals surface area contributed by atoms with Crippen molar-refractivity contribution < 1.29 is 4.74 Å². The lowest BCUT2D eigenvalue weighted by molar-refractivity contribution is 0.415. The van der Waals surface area contributed by atoms with Crippen molar-refractivity contribution in [1.29, 1.82) is 0 Å². The Balaban J connectivity index is 1.67. The van der Waals surface area contributed by atoms with Crippen LogP contribution in [-0.4, -0.2) is 31.7 Å². The molecule has 0 fully saturated rings. The van der Waals surface area contributed by atoms with Crippen molar-refractivity contribution in [2.24, 2.45) is 0 Å². The number of benzene rings is 3. The zero-order chi connectivity index (χ0) is 25.2. The first kappa shape index (κ1) is 22.2. The van der Waals surface area contributed by atoms with Gasteiger partial charge in [-0.25, -0.2) is 15.0 Å². The highest BCUT2D eigenvalue weighted by Gasteiger charge is 2.23. The number of aromatic nitrogens is 5. The van der Waals surface area contributed by atoms with E-state index in [0.29, 0.717) is 34.0 Å². The summed E-state index contributed by atoms with van der Waals surface area (Å²) in [6.07, 6.45) is 4.73. The fraction of sp³-hybridized carbons (Fsp3) is 0.0345. The molecule has 3 aromatic heterocycles. The Morgan fingerprint density at radius 2 is 1.41 bits per heavy atom. The van der Waals surface area contributed by atoms with Crippen molar-refractivity contribution in [1.82, 2.24) is 24.6 Å². The number of nitrogens with one attached hydrogen (secondary N) is 2. The average molecular weight is 487 g/mol. The molecule has 3 heterocycles. The second-order valence-electron chi connectivity index (χ2n) is 8.37. The molecule has 0 unspecified atom stereocenters. The van der Waals surface area contributed by atoms with Gasteiger partial charge < -0.3 is 10.1 Å². The van der Waals surface area contributed by atoms with E-state index in [2.05, 4.69) is 20.4 Å². The summed E-state index contributed by atoms with van der Waals surface area (Å²) in [6, 6.07) is 27.2. The standard InChI is InChI=1S/C29H22N6O2/c1-37-23-14-12-20(13-15-23)25-27(32-22-16-30-18-31-17-22)33-28-24(19-8-4-2-5-9-19)26(34-35(28)29(25)36)21-10-6-3-7-11-21/h2-18,32,34H,1H3.